The molecule has 1 aliphatic heterocycles. The van der Waals surface area contributed by atoms with Gasteiger partial charge >= 0.3 is 7.12 Å². The van der Waals surface area contributed by atoms with Crippen LogP contribution in [0.5, 0.6) is 0 Å². The first-order chi connectivity index (χ1) is 23.2. The van der Waals surface area contributed by atoms with Gasteiger partial charge in [-0.15, -0.1) is 0 Å². The first kappa shape index (κ1) is 31.1. The van der Waals surface area contributed by atoms with Crippen molar-refractivity contribution in [1.29, 1.82) is 0 Å². The van der Waals surface area contributed by atoms with Gasteiger partial charge in [0.05, 0.1) is 36.6 Å². The van der Waals surface area contributed by atoms with E-state index in [2.05, 4.69) is 154 Å². The summed E-state index contributed by atoms with van der Waals surface area (Å²) in [5.41, 5.74) is 11.2. The molecule has 1 saturated heterocycles. The molecule has 3 aliphatic rings. The molecule has 2 unspecified atom stereocenters. The summed E-state index contributed by atoms with van der Waals surface area (Å²) < 4.78 is 25.2. The molecule has 5 aromatic carbocycles. The maximum absolute atomic E-state index is 6.33. The SMILES string of the molecule is CC1(C)OB(c2ccc(N(c3ccc(COC4Cc5ccccc54)cc3)c3ccc(COC4Cc5ccccc54)cc3)cc2)OC1(C)C. The van der Waals surface area contributed by atoms with Crippen molar-refractivity contribution in [2.24, 2.45) is 0 Å². The molecular formula is C42H42BNO4. The van der Waals surface area contributed by atoms with Crippen LogP contribution in [-0.4, -0.2) is 18.3 Å². The molecule has 0 N–H and O–H groups in total. The first-order valence-corrected chi connectivity index (χ1v) is 17.1. The zero-order chi connectivity index (χ0) is 32.9. The van der Waals surface area contributed by atoms with Gasteiger partial charge in [0.15, 0.2) is 0 Å². The Hall–Kier alpha value is -4.20. The van der Waals surface area contributed by atoms with Crippen LogP contribution in [0.2, 0.25) is 0 Å². The average Bonchev–Trinajstić information content (AvgIpc) is 3.29. The Bertz CT molecular complexity index is 1790. The van der Waals surface area contributed by atoms with Crippen LogP contribution < -0.4 is 10.4 Å². The van der Waals surface area contributed by atoms with Crippen molar-refractivity contribution in [2.45, 2.75) is 77.2 Å². The van der Waals surface area contributed by atoms with Crippen molar-refractivity contribution in [3.05, 3.63) is 155 Å². The monoisotopic (exact) mass is 635 g/mol. The Morgan fingerprint density at radius 3 is 1.38 bits per heavy atom. The van der Waals surface area contributed by atoms with E-state index in [0.717, 1.165) is 46.5 Å². The third-order valence-corrected chi connectivity index (χ3v) is 10.6. The lowest BCUT2D eigenvalue weighted by Gasteiger charge is -2.32. The lowest BCUT2D eigenvalue weighted by molar-refractivity contribution is 0.00578. The number of hydrogen-bond acceptors (Lipinski definition) is 5. The second kappa shape index (κ2) is 12.4. The minimum atomic E-state index is -0.402. The van der Waals surface area contributed by atoms with Crippen LogP contribution in [0.4, 0.5) is 17.1 Å². The van der Waals surface area contributed by atoms with E-state index in [4.69, 9.17) is 18.8 Å². The van der Waals surface area contributed by atoms with Gasteiger partial charge in [0.25, 0.3) is 0 Å². The van der Waals surface area contributed by atoms with E-state index in [0.29, 0.717) is 13.2 Å². The van der Waals surface area contributed by atoms with Crippen LogP contribution in [0.3, 0.4) is 0 Å². The Kier molecular flexibility index (Phi) is 8.01. The normalized spacial score (nSPS) is 20.0. The Morgan fingerprint density at radius 1 is 0.562 bits per heavy atom. The highest BCUT2D eigenvalue weighted by molar-refractivity contribution is 6.62. The van der Waals surface area contributed by atoms with E-state index in [1.165, 1.54) is 22.3 Å². The van der Waals surface area contributed by atoms with Crippen LogP contribution in [0.25, 0.3) is 0 Å². The predicted octanol–water partition coefficient (Wildman–Crippen LogP) is 9.08. The fourth-order valence-electron chi connectivity index (χ4n) is 6.81. The number of nitrogens with zero attached hydrogens (tertiary/aromatic N) is 1. The second-order valence-electron chi connectivity index (χ2n) is 14.3. The van der Waals surface area contributed by atoms with Crippen LogP contribution in [0.1, 0.15) is 73.3 Å². The fourth-order valence-corrected chi connectivity index (χ4v) is 6.81. The number of benzene rings is 5. The summed E-state index contributed by atoms with van der Waals surface area (Å²) in [6, 6.07) is 43.0. The number of anilines is 3. The number of ether oxygens (including phenoxy) is 2. The molecule has 2 atom stereocenters. The van der Waals surface area contributed by atoms with Crippen LogP contribution in [-0.2, 0) is 44.8 Å². The molecule has 0 spiro atoms. The van der Waals surface area contributed by atoms with E-state index in [1.807, 2.05) is 0 Å². The van der Waals surface area contributed by atoms with Crippen LogP contribution in [0.15, 0.2) is 121 Å². The Balaban J connectivity index is 1.01. The molecule has 0 amide bonds. The van der Waals surface area contributed by atoms with E-state index in [9.17, 15) is 0 Å². The maximum Gasteiger partial charge on any atom is 0.494 e. The highest BCUT2D eigenvalue weighted by Crippen LogP contribution is 2.40. The zero-order valence-corrected chi connectivity index (χ0v) is 28.2. The molecule has 0 radical (unpaired) electrons. The van der Waals surface area contributed by atoms with Crippen molar-refractivity contribution >= 4 is 29.6 Å². The Labute approximate surface area is 284 Å². The minimum absolute atomic E-state index is 0.182. The van der Waals surface area contributed by atoms with Crippen molar-refractivity contribution in [2.75, 3.05) is 4.90 Å². The number of hydrogen-bond donors (Lipinski definition) is 0. The largest absolute Gasteiger partial charge is 0.494 e. The molecule has 48 heavy (non-hydrogen) atoms. The fraction of sp³-hybridized carbons (Fsp3) is 0.286. The molecule has 0 bridgehead atoms. The summed E-state index contributed by atoms with van der Waals surface area (Å²) in [5.74, 6) is 0. The lowest BCUT2D eigenvalue weighted by atomic mass is 9.79. The van der Waals surface area contributed by atoms with E-state index in [1.54, 1.807) is 0 Å². The third-order valence-electron chi connectivity index (χ3n) is 10.6. The van der Waals surface area contributed by atoms with Crippen LogP contribution in [0, 0.1) is 0 Å². The average molecular weight is 636 g/mol. The highest BCUT2D eigenvalue weighted by atomic mass is 16.7. The quantitative estimate of drug-likeness (QED) is 0.143. The van der Waals surface area contributed by atoms with Gasteiger partial charge < -0.3 is 23.7 Å². The van der Waals surface area contributed by atoms with Gasteiger partial charge in [-0.2, -0.15) is 0 Å². The topological polar surface area (TPSA) is 40.2 Å². The molecule has 5 nitrogen and oxygen atoms in total. The molecule has 5 aromatic rings. The first-order valence-electron chi connectivity index (χ1n) is 17.1. The van der Waals surface area contributed by atoms with Gasteiger partial charge in [0, 0.05) is 29.9 Å². The number of fused-ring (bicyclic) bond motifs is 2. The van der Waals surface area contributed by atoms with Gasteiger partial charge in [0.2, 0.25) is 0 Å². The highest BCUT2D eigenvalue weighted by Gasteiger charge is 2.51. The van der Waals surface area contributed by atoms with Gasteiger partial charge in [-0.3, -0.25) is 0 Å². The van der Waals surface area contributed by atoms with E-state index in [-0.39, 0.29) is 23.4 Å². The molecule has 1 fully saturated rings. The van der Waals surface area contributed by atoms with Crippen molar-refractivity contribution in [3.8, 4) is 0 Å². The summed E-state index contributed by atoms with van der Waals surface area (Å²) >= 11 is 0. The standard InChI is InChI=1S/C42H42BNO4/c1-41(2)42(3,4)48-43(47-41)33-17-23-36(24-18-33)44(34-19-13-29(14-20-34)27-45-39-25-31-9-5-7-11-37(31)39)35-21-15-30(16-22-35)28-46-40-26-32-10-6-8-12-38(32)40/h5-24,39-40H,25-28H2,1-4H3. The summed E-state index contributed by atoms with van der Waals surface area (Å²) in [6.07, 6.45) is 2.33. The summed E-state index contributed by atoms with van der Waals surface area (Å²) in [7, 11) is -0.402. The molecule has 0 aromatic heterocycles. The molecule has 2 aliphatic carbocycles. The van der Waals surface area contributed by atoms with E-state index >= 15 is 0 Å². The molecular weight excluding hydrogens is 593 g/mol. The van der Waals surface area contributed by atoms with Gasteiger partial charge in [-0.25, -0.2) is 0 Å². The number of rotatable bonds is 10. The van der Waals surface area contributed by atoms with Gasteiger partial charge in [0.1, 0.15) is 0 Å². The minimum Gasteiger partial charge on any atom is -0.399 e. The molecule has 242 valence electrons. The summed E-state index contributed by atoms with van der Waals surface area (Å²) in [4.78, 5) is 2.29. The zero-order valence-electron chi connectivity index (χ0n) is 28.2. The van der Waals surface area contributed by atoms with Gasteiger partial charge in [-0.05, 0) is 103 Å². The molecule has 1 heterocycles. The predicted molar refractivity (Wildman–Crippen MR) is 192 cm³/mol. The summed E-state index contributed by atoms with van der Waals surface area (Å²) in [5, 5.41) is 0. The summed E-state index contributed by atoms with van der Waals surface area (Å²) in [6.45, 7) is 9.52. The van der Waals surface area contributed by atoms with Crippen LogP contribution >= 0.6 is 0 Å². The molecule has 6 heteroatoms. The van der Waals surface area contributed by atoms with Crippen molar-refractivity contribution in [3.63, 3.8) is 0 Å². The smallest absolute Gasteiger partial charge is 0.399 e. The second-order valence-corrected chi connectivity index (χ2v) is 14.3. The van der Waals surface area contributed by atoms with Crippen molar-refractivity contribution < 1.29 is 18.8 Å². The van der Waals surface area contributed by atoms with Crippen molar-refractivity contribution in [1.82, 2.24) is 0 Å². The Morgan fingerprint density at radius 2 is 0.958 bits per heavy atom. The maximum atomic E-state index is 6.33. The molecule has 0 saturated carbocycles. The molecule has 8 rings (SSSR count). The van der Waals surface area contributed by atoms with Gasteiger partial charge in [-0.1, -0.05) is 84.9 Å². The third kappa shape index (κ3) is 5.88. The lowest BCUT2D eigenvalue weighted by Crippen LogP contribution is -2.41. The van der Waals surface area contributed by atoms with E-state index < -0.39 is 7.12 Å².